The molecule has 0 radical (unpaired) electrons. The van der Waals surface area contributed by atoms with Crippen LogP contribution in [0.2, 0.25) is 10.0 Å². The first kappa shape index (κ1) is 18.1. The van der Waals surface area contributed by atoms with Crippen LogP contribution in [0.3, 0.4) is 0 Å². The highest BCUT2D eigenvalue weighted by molar-refractivity contribution is 6.35. The molecule has 1 aliphatic rings. The van der Waals surface area contributed by atoms with Crippen LogP contribution in [0.1, 0.15) is 38.2 Å². The number of ether oxygens (including phenoxy) is 1. The number of hydrogen-bond donors (Lipinski definition) is 1. The van der Waals surface area contributed by atoms with Crippen LogP contribution in [-0.2, 0) is 20.7 Å². The molecule has 0 bridgehead atoms. The molecule has 2 rings (SSSR count). The van der Waals surface area contributed by atoms with E-state index in [4.69, 9.17) is 27.9 Å². The van der Waals surface area contributed by atoms with Crippen molar-refractivity contribution >= 4 is 35.1 Å². The third-order valence-corrected chi connectivity index (χ3v) is 4.76. The number of esters is 1. The Morgan fingerprint density at radius 1 is 1.26 bits per heavy atom. The van der Waals surface area contributed by atoms with Crippen molar-refractivity contribution < 1.29 is 14.3 Å². The number of carbonyl (C=O) groups is 2. The van der Waals surface area contributed by atoms with E-state index >= 15 is 0 Å². The van der Waals surface area contributed by atoms with E-state index in [9.17, 15) is 9.59 Å². The van der Waals surface area contributed by atoms with Crippen LogP contribution in [0.25, 0.3) is 0 Å². The molecule has 0 saturated heterocycles. The van der Waals surface area contributed by atoms with E-state index in [0.717, 1.165) is 19.3 Å². The van der Waals surface area contributed by atoms with Gasteiger partial charge in [-0.2, -0.15) is 0 Å². The van der Waals surface area contributed by atoms with E-state index in [2.05, 4.69) is 12.2 Å². The molecule has 1 fully saturated rings. The number of nitrogens with one attached hydrogen (secondary N) is 1. The van der Waals surface area contributed by atoms with Gasteiger partial charge in [0.15, 0.2) is 6.61 Å². The molecule has 0 spiro atoms. The maximum absolute atomic E-state index is 11.9. The van der Waals surface area contributed by atoms with Crippen molar-refractivity contribution in [3.63, 3.8) is 0 Å². The van der Waals surface area contributed by atoms with E-state index in [-0.39, 0.29) is 25.0 Å². The maximum Gasteiger partial charge on any atom is 0.310 e. The molecule has 23 heavy (non-hydrogen) atoms. The number of amides is 1. The molecule has 0 aromatic heterocycles. The van der Waals surface area contributed by atoms with Crippen LogP contribution < -0.4 is 5.32 Å². The molecule has 0 aliphatic heterocycles. The molecular formula is C17H21Cl2NO3. The molecule has 1 saturated carbocycles. The van der Waals surface area contributed by atoms with Gasteiger partial charge >= 0.3 is 5.97 Å². The third kappa shape index (κ3) is 5.70. The van der Waals surface area contributed by atoms with Gasteiger partial charge in [0.1, 0.15) is 0 Å². The number of halogens is 2. The average Bonchev–Trinajstić information content (AvgIpc) is 2.50. The summed E-state index contributed by atoms with van der Waals surface area (Å²) in [5.74, 6) is -0.267. The highest BCUT2D eigenvalue weighted by atomic mass is 35.5. The minimum atomic E-state index is -0.485. The summed E-state index contributed by atoms with van der Waals surface area (Å²) in [4.78, 5) is 23.7. The lowest BCUT2D eigenvalue weighted by Crippen LogP contribution is -2.42. The van der Waals surface area contributed by atoms with E-state index in [0.29, 0.717) is 21.5 Å². The maximum atomic E-state index is 11.9. The van der Waals surface area contributed by atoms with Crippen LogP contribution in [0.5, 0.6) is 0 Å². The van der Waals surface area contributed by atoms with E-state index in [1.807, 2.05) is 0 Å². The summed E-state index contributed by atoms with van der Waals surface area (Å²) in [5, 5.41) is 3.87. The molecule has 1 aliphatic carbocycles. The highest BCUT2D eigenvalue weighted by Gasteiger charge is 2.23. The van der Waals surface area contributed by atoms with Gasteiger partial charge in [0, 0.05) is 16.1 Å². The topological polar surface area (TPSA) is 55.4 Å². The largest absolute Gasteiger partial charge is 0.455 e. The Balaban J connectivity index is 1.76. The monoisotopic (exact) mass is 357 g/mol. The zero-order chi connectivity index (χ0) is 16.8. The number of benzene rings is 1. The molecule has 1 N–H and O–H groups in total. The summed E-state index contributed by atoms with van der Waals surface area (Å²) < 4.78 is 5.03. The van der Waals surface area contributed by atoms with Gasteiger partial charge in [-0.15, -0.1) is 0 Å². The van der Waals surface area contributed by atoms with Crippen LogP contribution in [0.4, 0.5) is 0 Å². The molecule has 1 aromatic rings. The average molecular weight is 358 g/mol. The second-order valence-electron chi connectivity index (χ2n) is 6.01. The van der Waals surface area contributed by atoms with E-state index < -0.39 is 5.97 Å². The SMILES string of the molecule is CC1CCCCC1NC(=O)COC(=O)Cc1ccc(Cl)cc1Cl. The molecule has 4 nitrogen and oxygen atoms in total. The highest BCUT2D eigenvalue weighted by Crippen LogP contribution is 2.24. The van der Waals surface area contributed by atoms with Crippen molar-refractivity contribution in [2.24, 2.45) is 5.92 Å². The number of hydrogen-bond acceptors (Lipinski definition) is 3. The van der Waals surface area contributed by atoms with Crippen LogP contribution in [0.15, 0.2) is 18.2 Å². The molecule has 6 heteroatoms. The fraction of sp³-hybridized carbons (Fsp3) is 0.529. The molecular weight excluding hydrogens is 337 g/mol. The molecule has 0 heterocycles. The van der Waals surface area contributed by atoms with Crippen molar-refractivity contribution in [2.45, 2.75) is 45.1 Å². The van der Waals surface area contributed by atoms with Gasteiger partial charge in [0.05, 0.1) is 6.42 Å². The van der Waals surface area contributed by atoms with Crippen molar-refractivity contribution in [3.8, 4) is 0 Å². The molecule has 1 amide bonds. The van der Waals surface area contributed by atoms with Crippen molar-refractivity contribution in [3.05, 3.63) is 33.8 Å². The lowest BCUT2D eigenvalue weighted by molar-refractivity contribution is -0.148. The molecule has 126 valence electrons. The lowest BCUT2D eigenvalue weighted by atomic mass is 9.86. The number of carbonyl (C=O) groups excluding carboxylic acids is 2. The Labute approximate surface area is 146 Å². The molecule has 1 aromatic carbocycles. The second-order valence-corrected chi connectivity index (χ2v) is 6.85. The van der Waals surface area contributed by atoms with Crippen LogP contribution in [0, 0.1) is 5.92 Å². The Bertz CT molecular complexity index is 577. The standard InChI is InChI=1S/C17H21Cl2NO3/c1-11-4-2-3-5-15(11)20-16(21)10-23-17(22)8-12-6-7-13(18)9-14(12)19/h6-7,9,11,15H,2-5,8,10H2,1H3,(H,20,21). The Hall–Kier alpha value is -1.26. The summed E-state index contributed by atoms with van der Waals surface area (Å²) in [7, 11) is 0. The van der Waals surface area contributed by atoms with Crippen LogP contribution >= 0.6 is 23.2 Å². The van der Waals surface area contributed by atoms with E-state index in [1.54, 1.807) is 18.2 Å². The molecule has 2 atom stereocenters. The predicted octanol–water partition coefficient (Wildman–Crippen LogP) is 3.77. The Kier molecular flexibility index (Phi) is 6.72. The van der Waals surface area contributed by atoms with Gasteiger partial charge in [0.25, 0.3) is 5.91 Å². The minimum absolute atomic E-state index is 0.0170. The zero-order valence-electron chi connectivity index (χ0n) is 13.1. The first-order valence-electron chi connectivity index (χ1n) is 7.84. The lowest BCUT2D eigenvalue weighted by Gasteiger charge is -2.29. The Morgan fingerprint density at radius 3 is 2.70 bits per heavy atom. The first-order chi connectivity index (χ1) is 11.0. The smallest absolute Gasteiger partial charge is 0.310 e. The van der Waals surface area contributed by atoms with Gasteiger partial charge in [-0.05, 0) is 36.5 Å². The number of rotatable bonds is 5. The summed E-state index contributed by atoms with van der Waals surface area (Å²) in [6, 6.07) is 5.09. The molecule has 2 unspecified atom stereocenters. The zero-order valence-corrected chi connectivity index (χ0v) is 14.6. The van der Waals surface area contributed by atoms with Crippen molar-refractivity contribution in [1.82, 2.24) is 5.32 Å². The van der Waals surface area contributed by atoms with Gasteiger partial charge in [0.2, 0.25) is 0 Å². The third-order valence-electron chi connectivity index (χ3n) is 4.17. The predicted molar refractivity (Wildman–Crippen MR) is 90.7 cm³/mol. The quantitative estimate of drug-likeness (QED) is 0.815. The van der Waals surface area contributed by atoms with E-state index in [1.165, 1.54) is 6.42 Å². The minimum Gasteiger partial charge on any atom is -0.455 e. The fourth-order valence-corrected chi connectivity index (χ4v) is 3.27. The van der Waals surface area contributed by atoms with Crippen molar-refractivity contribution in [1.29, 1.82) is 0 Å². The summed E-state index contributed by atoms with van der Waals surface area (Å²) in [6.07, 6.45) is 4.47. The van der Waals surface area contributed by atoms with Gasteiger partial charge in [-0.25, -0.2) is 0 Å². The fourth-order valence-electron chi connectivity index (χ4n) is 2.80. The normalized spacial score (nSPS) is 20.8. The Morgan fingerprint density at radius 2 is 2.00 bits per heavy atom. The van der Waals surface area contributed by atoms with Gasteiger partial charge < -0.3 is 10.1 Å². The van der Waals surface area contributed by atoms with Gasteiger partial charge in [-0.1, -0.05) is 49.0 Å². The first-order valence-corrected chi connectivity index (χ1v) is 8.60. The van der Waals surface area contributed by atoms with Gasteiger partial charge in [-0.3, -0.25) is 9.59 Å². The van der Waals surface area contributed by atoms with Crippen LogP contribution in [-0.4, -0.2) is 24.5 Å². The van der Waals surface area contributed by atoms with Crippen molar-refractivity contribution in [2.75, 3.05) is 6.61 Å². The second kappa shape index (κ2) is 8.55. The summed E-state index contributed by atoms with van der Waals surface area (Å²) in [5.41, 5.74) is 0.627. The summed E-state index contributed by atoms with van der Waals surface area (Å²) >= 11 is 11.8. The summed E-state index contributed by atoms with van der Waals surface area (Å²) in [6.45, 7) is 1.88.